The van der Waals surface area contributed by atoms with Crippen molar-refractivity contribution in [2.24, 2.45) is 34.5 Å². The van der Waals surface area contributed by atoms with Crippen LogP contribution in [0.3, 0.4) is 0 Å². The first kappa shape index (κ1) is 23.7. The van der Waals surface area contributed by atoms with E-state index in [1.165, 1.54) is 23.1 Å². The van der Waals surface area contributed by atoms with Crippen molar-refractivity contribution in [1.29, 1.82) is 0 Å². The maximum atomic E-state index is 14.3. The Morgan fingerprint density at radius 2 is 1.72 bits per heavy atom. The molecule has 0 unspecified atom stereocenters. The molecule has 1 aliphatic heterocycles. The molecule has 4 aliphatic rings. The van der Waals surface area contributed by atoms with Crippen LogP contribution in [0.15, 0.2) is 54.6 Å². The quantitative estimate of drug-likeness (QED) is 0.477. The minimum Gasteiger partial charge on any atom is -0.349 e. The number of carbonyl (C=O) groups excluding carboxylic acids is 2. The molecule has 188 valence electrons. The van der Waals surface area contributed by atoms with Gasteiger partial charge in [0.2, 0.25) is 5.91 Å². The zero-order chi connectivity index (χ0) is 25.2. The topological polar surface area (TPSA) is 46.2 Å². The van der Waals surface area contributed by atoms with E-state index in [9.17, 15) is 9.59 Å². The average Bonchev–Trinajstić information content (AvgIpc) is 3.21. The molecule has 0 bridgehead atoms. The Bertz CT molecular complexity index is 1260. The van der Waals surface area contributed by atoms with Crippen molar-refractivity contribution in [2.45, 2.75) is 72.3 Å². The Balaban J connectivity index is 1.31. The van der Waals surface area contributed by atoms with Gasteiger partial charge in [-0.1, -0.05) is 68.0 Å². The molecule has 3 nitrogen and oxygen atoms in total. The summed E-state index contributed by atoms with van der Waals surface area (Å²) in [6.45, 7) is 9.06. The summed E-state index contributed by atoms with van der Waals surface area (Å²) in [6, 6.07) is 15.1. The molecule has 0 spiro atoms. The number of fused-ring (bicyclic) bond motifs is 5. The van der Waals surface area contributed by atoms with E-state index in [0.29, 0.717) is 23.5 Å². The van der Waals surface area contributed by atoms with Crippen molar-refractivity contribution >= 4 is 11.7 Å². The lowest BCUT2D eigenvalue weighted by atomic mass is 9.47. The number of ketones is 1. The Kier molecular flexibility index (Phi) is 5.55. The largest absolute Gasteiger partial charge is 0.349 e. The molecule has 1 N–H and O–H groups in total. The van der Waals surface area contributed by atoms with Crippen molar-refractivity contribution in [3.05, 3.63) is 71.3 Å². The highest BCUT2D eigenvalue weighted by Crippen LogP contribution is 2.65. The molecule has 0 saturated heterocycles. The van der Waals surface area contributed by atoms with E-state index in [-0.39, 0.29) is 28.7 Å². The molecular weight excluding hydrogens is 442 g/mol. The van der Waals surface area contributed by atoms with Crippen LogP contribution in [-0.4, -0.2) is 17.7 Å². The van der Waals surface area contributed by atoms with E-state index in [0.717, 1.165) is 43.2 Å². The van der Waals surface area contributed by atoms with Crippen LogP contribution in [-0.2, 0) is 4.79 Å². The number of aryl methyl sites for hydroxylation is 2. The highest BCUT2D eigenvalue weighted by atomic mass is 16.1. The van der Waals surface area contributed by atoms with Crippen molar-refractivity contribution < 1.29 is 9.59 Å². The maximum absolute atomic E-state index is 14.3. The molecule has 3 aliphatic carbocycles. The monoisotopic (exact) mass is 481 g/mol. The van der Waals surface area contributed by atoms with E-state index in [2.05, 4.69) is 75.5 Å². The number of amides is 1. The zero-order valence-corrected chi connectivity index (χ0v) is 22.1. The summed E-state index contributed by atoms with van der Waals surface area (Å²) in [7, 11) is 0. The Hall–Kier alpha value is -2.68. The normalized spacial score (nSPS) is 37.0. The summed E-state index contributed by atoms with van der Waals surface area (Å²) in [4.78, 5) is 26.3. The predicted octanol–water partition coefficient (Wildman–Crippen LogP) is 7.07. The molecule has 7 atom stereocenters. The fourth-order valence-electron chi connectivity index (χ4n) is 9.00. The number of rotatable bonds is 3. The summed E-state index contributed by atoms with van der Waals surface area (Å²) in [5.41, 5.74) is 5.71. The Morgan fingerprint density at radius 3 is 2.53 bits per heavy atom. The summed E-state index contributed by atoms with van der Waals surface area (Å²) < 4.78 is 0. The van der Waals surface area contributed by atoms with Gasteiger partial charge in [-0.15, -0.1) is 0 Å². The number of Topliss-reactive ketones (excluding diaryl/α,β-unsaturated/α-hetero) is 1. The smallest absolute Gasteiger partial charge is 0.243 e. The number of hydrogen-bond donors (Lipinski definition) is 1. The van der Waals surface area contributed by atoms with Crippen LogP contribution in [0.5, 0.6) is 0 Å². The third-order valence-corrected chi connectivity index (χ3v) is 10.9. The van der Waals surface area contributed by atoms with Gasteiger partial charge in [-0.25, -0.2) is 0 Å². The molecule has 3 saturated carbocycles. The summed E-state index contributed by atoms with van der Waals surface area (Å²) in [6.07, 6.45) is 10.6. The van der Waals surface area contributed by atoms with Gasteiger partial charge in [0.1, 0.15) is 0 Å². The van der Waals surface area contributed by atoms with Gasteiger partial charge in [0.25, 0.3) is 0 Å². The number of hydrogen-bond acceptors (Lipinski definition) is 2. The Morgan fingerprint density at radius 1 is 0.917 bits per heavy atom. The third-order valence-electron chi connectivity index (χ3n) is 10.9. The van der Waals surface area contributed by atoms with Crippen molar-refractivity contribution in [2.75, 3.05) is 0 Å². The second-order valence-electron chi connectivity index (χ2n) is 12.6. The summed E-state index contributed by atoms with van der Waals surface area (Å²) in [5.74, 6) is 2.30. The lowest BCUT2D eigenvalue weighted by Crippen LogP contribution is -2.59. The van der Waals surface area contributed by atoms with Gasteiger partial charge in [-0.05, 0) is 98.3 Å². The van der Waals surface area contributed by atoms with Gasteiger partial charge in [0.05, 0.1) is 0 Å². The van der Waals surface area contributed by atoms with Crippen LogP contribution in [0.1, 0.15) is 73.9 Å². The Labute approximate surface area is 215 Å². The van der Waals surface area contributed by atoms with Gasteiger partial charge in [-0.2, -0.15) is 0 Å². The van der Waals surface area contributed by atoms with Gasteiger partial charge >= 0.3 is 0 Å². The SMILES string of the molecule is Cc1ccc(-c2ccccc2C(=O)[C@H]2CC[C@H]3[C@@H]4CC[C@H]5NC(=O)C=C[C@]5(C)[C@H]4CC[C@]23C)c(C)c1. The maximum Gasteiger partial charge on any atom is 0.243 e. The van der Waals surface area contributed by atoms with Crippen LogP contribution in [0.4, 0.5) is 0 Å². The highest BCUT2D eigenvalue weighted by Gasteiger charge is 2.60. The van der Waals surface area contributed by atoms with Crippen LogP contribution in [0, 0.1) is 48.3 Å². The fourth-order valence-corrected chi connectivity index (χ4v) is 9.00. The van der Waals surface area contributed by atoms with E-state index >= 15 is 0 Å². The molecule has 2 aromatic carbocycles. The molecule has 3 heteroatoms. The molecular formula is C33H39NO2. The summed E-state index contributed by atoms with van der Waals surface area (Å²) in [5, 5.41) is 3.26. The standard InChI is InChI=1S/C33H39NO2/c1-20-9-10-22(21(2)19-20)23-7-5-6-8-24(23)31(36)28-13-12-26-25-11-14-29-33(4,18-16-30(35)34-29)27(25)15-17-32(26,28)3/h5-10,16,18-19,25-29H,11-15,17H2,1-4H3,(H,34,35)/t25-,26-,27-,28+,29+,32-,33+/m0/s1. The van der Waals surface area contributed by atoms with Gasteiger partial charge in [0, 0.05) is 22.9 Å². The second-order valence-corrected chi connectivity index (χ2v) is 12.6. The van der Waals surface area contributed by atoms with Gasteiger partial charge < -0.3 is 5.32 Å². The van der Waals surface area contributed by atoms with Crippen LogP contribution in [0.2, 0.25) is 0 Å². The average molecular weight is 482 g/mol. The van der Waals surface area contributed by atoms with Crippen molar-refractivity contribution in [3.63, 3.8) is 0 Å². The molecule has 3 fully saturated rings. The number of benzene rings is 2. The first-order chi connectivity index (χ1) is 17.2. The minimum atomic E-state index is 0.0375. The second kappa shape index (κ2) is 8.43. The fraction of sp³-hybridized carbons (Fsp3) is 0.515. The lowest BCUT2D eigenvalue weighted by Gasteiger charge is -2.58. The van der Waals surface area contributed by atoms with Crippen LogP contribution < -0.4 is 5.32 Å². The molecule has 0 radical (unpaired) electrons. The molecule has 36 heavy (non-hydrogen) atoms. The van der Waals surface area contributed by atoms with E-state index in [4.69, 9.17) is 0 Å². The summed E-state index contributed by atoms with van der Waals surface area (Å²) >= 11 is 0. The highest BCUT2D eigenvalue weighted by molar-refractivity contribution is 6.04. The van der Waals surface area contributed by atoms with Crippen molar-refractivity contribution in [3.8, 4) is 11.1 Å². The van der Waals surface area contributed by atoms with Crippen LogP contribution >= 0.6 is 0 Å². The number of carbonyl (C=O) groups is 2. The predicted molar refractivity (Wildman–Crippen MR) is 145 cm³/mol. The van der Waals surface area contributed by atoms with Crippen LogP contribution in [0.25, 0.3) is 11.1 Å². The minimum absolute atomic E-state index is 0.0375. The molecule has 6 rings (SSSR count). The van der Waals surface area contributed by atoms with Gasteiger partial charge in [-0.3, -0.25) is 9.59 Å². The molecule has 1 heterocycles. The number of nitrogens with one attached hydrogen (secondary N) is 1. The van der Waals surface area contributed by atoms with E-state index in [1.54, 1.807) is 6.08 Å². The zero-order valence-electron chi connectivity index (χ0n) is 22.1. The first-order valence-corrected chi connectivity index (χ1v) is 13.9. The molecule has 2 aromatic rings. The molecule has 0 aromatic heterocycles. The first-order valence-electron chi connectivity index (χ1n) is 13.9. The van der Waals surface area contributed by atoms with Gasteiger partial charge in [0.15, 0.2) is 5.78 Å². The molecule has 1 amide bonds. The van der Waals surface area contributed by atoms with Crippen molar-refractivity contribution in [1.82, 2.24) is 5.32 Å². The van der Waals surface area contributed by atoms with E-state index < -0.39 is 0 Å². The lowest BCUT2D eigenvalue weighted by molar-refractivity contribution is -0.122. The third kappa shape index (κ3) is 3.45. The van der Waals surface area contributed by atoms with E-state index in [1.807, 2.05) is 6.07 Å².